The van der Waals surface area contributed by atoms with Gasteiger partial charge in [-0.25, -0.2) is 0 Å². The van der Waals surface area contributed by atoms with Crippen LogP contribution >= 0.6 is 11.8 Å². The first kappa shape index (κ1) is 9.85. The molecular weight excluding hydrogens is 190 g/mol. The van der Waals surface area contributed by atoms with Gasteiger partial charge in [-0.05, 0) is 18.4 Å². The number of hydrogen-bond acceptors (Lipinski definition) is 4. The van der Waals surface area contributed by atoms with Gasteiger partial charge in [0, 0.05) is 0 Å². The summed E-state index contributed by atoms with van der Waals surface area (Å²) in [6.07, 6.45) is 1.80. The molecule has 0 aliphatic heterocycles. The summed E-state index contributed by atoms with van der Waals surface area (Å²) in [5.74, 6) is 0.504. The summed E-state index contributed by atoms with van der Waals surface area (Å²) in [7, 11) is 1.48. The Morgan fingerprint density at radius 1 is 1.54 bits per heavy atom. The van der Waals surface area contributed by atoms with Gasteiger partial charge in [0.25, 0.3) is 5.69 Å². The van der Waals surface area contributed by atoms with E-state index in [2.05, 4.69) is 0 Å². The van der Waals surface area contributed by atoms with E-state index < -0.39 is 4.92 Å². The zero-order valence-corrected chi connectivity index (χ0v) is 8.13. The molecule has 0 heterocycles. The van der Waals surface area contributed by atoms with Crippen LogP contribution in [0.25, 0.3) is 0 Å². The molecule has 4 nitrogen and oxygen atoms in total. The highest BCUT2D eigenvalue weighted by atomic mass is 32.2. The van der Waals surface area contributed by atoms with Crippen LogP contribution in [0.5, 0.6) is 5.75 Å². The molecule has 13 heavy (non-hydrogen) atoms. The zero-order valence-electron chi connectivity index (χ0n) is 7.31. The summed E-state index contributed by atoms with van der Waals surface area (Å²) in [4.78, 5) is 10.8. The van der Waals surface area contributed by atoms with Gasteiger partial charge in [-0.15, -0.1) is 11.8 Å². The van der Waals surface area contributed by atoms with E-state index in [0.29, 0.717) is 10.6 Å². The van der Waals surface area contributed by atoms with Crippen LogP contribution in [0.1, 0.15) is 0 Å². The van der Waals surface area contributed by atoms with Crippen molar-refractivity contribution in [2.24, 2.45) is 0 Å². The Hall–Kier alpha value is -1.23. The molecular formula is C8H9NO3S. The van der Waals surface area contributed by atoms with Gasteiger partial charge in [0.2, 0.25) is 0 Å². The molecule has 0 aliphatic carbocycles. The van der Waals surface area contributed by atoms with Gasteiger partial charge in [-0.2, -0.15) is 0 Å². The third kappa shape index (κ3) is 2.12. The fraction of sp³-hybridized carbons (Fsp3) is 0.250. The summed E-state index contributed by atoms with van der Waals surface area (Å²) >= 11 is 1.35. The number of hydrogen-bond donors (Lipinski definition) is 0. The Morgan fingerprint density at radius 3 is 2.69 bits per heavy atom. The molecule has 5 heteroatoms. The molecule has 0 unspecified atom stereocenters. The van der Waals surface area contributed by atoms with Crippen LogP contribution in [-0.2, 0) is 0 Å². The molecule has 0 aromatic heterocycles. The normalized spacial score (nSPS) is 9.69. The van der Waals surface area contributed by atoms with Crippen molar-refractivity contribution in [3.05, 3.63) is 28.3 Å². The molecule has 1 aromatic carbocycles. The van der Waals surface area contributed by atoms with E-state index in [1.165, 1.54) is 24.9 Å². The first-order chi connectivity index (χ1) is 6.19. The van der Waals surface area contributed by atoms with Crippen molar-refractivity contribution < 1.29 is 9.66 Å². The van der Waals surface area contributed by atoms with Crippen molar-refractivity contribution >= 4 is 17.4 Å². The second kappa shape index (κ2) is 4.13. The van der Waals surface area contributed by atoms with Crippen molar-refractivity contribution in [2.45, 2.75) is 4.90 Å². The van der Waals surface area contributed by atoms with E-state index in [-0.39, 0.29) is 5.69 Å². The van der Waals surface area contributed by atoms with E-state index in [1.54, 1.807) is 18.4 Å². The van der Waals surface area contributed by atoms with Gasteiger partial charge in [0.05, 0.1) is 23.0 Å². The Labute approximate surface area is 80.1 Å². The van der Waals surface area contributed by atoms with Crippen molar-refractivity contribution in [1.29, 1.82) is 0 Å². The van der Waals surface area contributed by atoms with Gasteiger partial charge < -0.3 is 4.74 Å². The third-order valence-electron chi connectivity index (χ3n) is 1.58. The second-order valence-corrected chi connectivity index (χ2v) is 3.14. The van der Waals surface area contributed by atoms with Crippen LogP contribution in [0.2, 0.25) is 0 Å². The van der Waals surface area contributed by atoms with Gasteiger partial charge >= 0.3 is 0 Å². The lowest BCUT2D eigenvalue weighted by Crippen LogP contribution is -1.92. The molecule has 0 saturated heterocycles. The summed E-state index contributed by atoms with van der Waals surface area (Å²) in [5.41, 5.74) is 0.0897. The van der Waals surface area contributed by atoms with Gasteiger partial charge in [-0.1, -0.05) is 0 Å². The number of nitro benzene ring substituents is 1. The summed E-state index contributed by atoms with van der Waals surface area (Å²) in [6, 6.07) is 4.81. The Balaban J connectivity index is 3.18. The van der Waals surface area contributed by atoms with Gasteiger partial charge in [0.15, 0.2) is 0 Å². The average Bonchev–Trinajstić information content (AvgIpc) is 2.16. The number of nitrogens with zero attached hydrogens (tertiary/aromatic N) is 1. The van der Waals surface area contributed by atoms with E-state index in [9.17, 15) is 10.1 Å². The standard InChI is InChI=1S/C8H9NO3S/c1-12-6-3-4-8(13-2)7(5-6)9(10)11/h3-5H,1-2H3. The lowest BCUT2D eigenvalue weighted by Gasteiger charge is -2.02. The van der Waals surface area contributed by atoms with Crippen LogP contribution in [0.4, 0.5) is 5.69 Å². The van der Waals surface area contributed by atoms with Crippen molar-refractivity contribution in [3.8, 4) is 5.75 Å². The van der Waals surface area contributed by atoms with E-state index in [4.69, 9.17) is 4.74 Å². The summed E-state index contributed by atoms with van der Waals surface area (Å²) in [6.45, 7) is 0. The minimum absolute atomic E-state index is 0.0897. The maximum atomic E-state index is 10.6. The predicted molar refractivity (Wildman–Crippen MR) is 51.4 cm³/mol. The van der Waals surface area contributed by atoms with Gasteiger partial charge in [0.1, 0.15) is 5.75 Å². The zero-order chi connectivity index (χ0) is 9.84. The quantitative estimate of drug-likeness (QED) is 0.426. The predicted octanol–water partition coefficient (Wildman–Crippen LogP) is 2.33. The lowest BCUT2D eigenvalue weighted by molar-refractivity contribution is -0.387. The first-order valence-corrected chi connectivity index (χ1v) is 4.78. The van der Waals surface area contributed by atoms with Crippen LogP contribution in [-0.4, -0.2) is 18.3 Å². The van der Waals surface area contributed by atoms with Crippen molar-refractivity contribution in [1.82, 2.24) is 0 Å². The van der Waals surface area contributed by atoms with E-state index in [1.807, 2.05) is 0 Å². The Morgan fingerprint density at radius 2 is 2.23 bits per heavy atom. The van der Waals surface area contributed by atoms with Gasteiger partial charge in [-0.3, -0.25) is 10.1 Å². The average molecular weight is 199 g/mol. The SMILES string of the molecule is COc1ccc(SC)c([N+](=O)[O-])c1. The van der Waals surface area contributed by atoms with Crippen LogP contribution in [0, 0.1) is 10.1 Å². The van der Waals surface area contributed by atoms with Crippen LogP contribution < -0.4 is 4.74 Å². The molecule has 0 bridgehead atoms. The highest BCUT2D eigenvalue weighted by Gasteiger charge is 2.13. The molecule has 0 N–H and O–H groups in total. The largest absolute Gasteiger partial charge is 0.497 e. The molecule has 0 saturated carbocycles. The monoisotopic (exact) mass is 199 g/mol. The lowest BCUT2D eigenvalue weighted by atomic mass is 10.3. The highest BCUT2D eigenvalue weighted by molar-refractivity contribution is 7.98. The molecule has 0 aliphatic rings. The number of methoxy groups -OCH3 is 1. The van der Waals surface area contributed by atoms with Crippen molar-refractivity contribution in [2.75, 3.05) is 13.4 Å². The minimum atomic E-state index is -0.408. The van der Waals surface area contributed by atoms with E-state index >= 15 is 0 Å². The fourth-order valence-electron chi connectivity index (χ4n) is 0.939. The Kier molecular flexibility index (Phi) is 3.13. The molecule has 0 spiro atoms. The van der Waals surface area contributed by atoms with Crippen molar-refractivity contribution in [3.63, 3.8) is 0 Å². The Bertz CT molecular complexity index is 327. The smallest absolute Gasteiger partial charge is 0.286 e. The molecule has 70 valence electrons. The molecule has 0 radical (unpaired) electrons. The summed E-state index contributed by atoms with van der Waals surface area (Å²) in [5, 5.41) is 10.6. The van der Waals surface area contributed by atoms with Crippen LogP contribution in [0.15, 0.2) is 23.1 Å². The maximum Gasteiger partial charge on any atom is 0.286 e. The summed E-state index contributed by atoms with van der Waals surface area (Å²) < 4.78 is 4.89. The van der Waals surface area contributed by atoms with Crippen LogP contribution in [0.3, 0.4) is 0 Å². The number of benzene rings is 1. The first-order valence-electron chi connectivity index (χ1n) is 3.55. The minimum Gasteiger partial charge on any atom is -0.497 e. The number of rotatable bonds is 3. The molecule has 1 rings (SSSR count). The number of nitro groups is 1. The maximum absolute atomic E-state index is 10.6. The number of ether oxygens (including phenoxy) is 1. The fourth-order valence-corrected chi connectivity index (χ4v) is 1.49. The molecule has 0 fully saturated rings. The third-order valence-corrected chi connectivity index (χ3v) is 2.37. The topological polar surface area (TPSA) is 52.4 Å². The van der Waals surface area contributed by atoms with E-state index in [0.717, 1.165) is 0 Å². The molecule has 1 aromatic rings. The molecule has 0 atom stereocenters. The highest BCUT2D eigenvalue weighted by Crippen LogP contribution is 2.30. The number of thioether (sulfide) groups is 1. The molecule has 0 amide bonds. The second-order valence-electron chi connectivity index (χ2n) is 2.29.